The summed E-state index contributed by atoms with van der Waals surface area (Å²) < 4.78 is 0. The summed E-state index contributed by atoms with van der Waals surface area (Å²) in [6, 6.07) is 49.5. The summed E-state index contributed by atoms with van der Waals surface area (Å²) in [5.74, 6) is 3.77. The van der Waals surface area contributed by atoms with Gasteiger partial charge in [-0.1, -0.05) is 121 Å². The molecule has 12 rings (SSSR count). The van der Waals surface area contributed by atoms with Crippen LogP contribution >= 0.6 is 0 Å². The number of fused-ring (bicyclic) bond motifs is 2. The van der Waals surface area contributed by atoms with E-state index in [0.717, 1.165) is 76.1 Å². The molecular weight excluding hydrogens is 741 g/mol. The van der Waals surface area contributed by atoms with Crippen molar-refractivity contribution in [1.82, 2.24) is 49.8 Å². The molecule has 0 radical (unpaired) electrons. The number of nitrogens with zero attached hydrogens (tertiary/aromatic N) is 10. The van der Waals surface area contributed by atoms with Gasteiger partial charge in [0.25, 0.3) is 0 Å². The van der Waals surface area contributed by atoms with E-state index in [1.165, 1.54) is 0 Å². The second kappa shape index (κ2) is 13.6. The van der Waals surface area contributed by atoms with Gasteiger partial charge < -0.3 is 0 Å². The van der Waals surface area contributed by atoms with Crippen molar-refractivity contribution < 1.29 is 0 Å². The Labute approximate surface area is 341 Å². The lowest BCUT2D eigenvalue weighted by atomic mass is 9.89. The highest BCUT2D eigenvalue weighted by molar-refractivity contribution is 6.27. The van der Waals surface area contributed by atoms with E-state index in [0.29, 0.717) is 46.6 Å². The van der Waals surface area contributed by atoms with E-state index in [1.807, 2.05) is 48.5 Å². The summed E-state index contributed by atoms with van der Waals surface area (Å²) in [4.78, 5) is 48.5. The third-order valence-corrected chi connectivity index (χ3v) is 11.0. The Morgan fingerprint density at radius 2 is 0.567 bits per heavy atom. The van der Waals surface area contributed by atoms with E-state index in [4.69, 9.17) is 29.9 Å². The van der Waals surface area contributed by atoms with Crippen LogP contribution < -0.4 is 0 Å². The molecule has 0 aliphatic heterocycles. The van der Waals surface area contributed by atoms with E-state index in [2.05, 4.69) is 105 Å². The van der Waals surface area contributed by atoms with Crippen LogP contribution in [0, 0.1) is 0 Å². The Balaban J connectivity index is 1.09. The summed E-state index contributed by atoms with van der Waals surface area (Å²) in [6.45, 7) is 0. The van der Waals surface area contributed by atoms with Gasteiger partial charge in [0.05, 0.1) is 0 Å². The fourth-order valence-corrected chi connectivity index (χ4v) is 8.29. The Bertz CT molecular complexity index is 3370. The molecule has 0 aliphatic carbocycles. The summed E-state index contributed by atoms with van der Waals surface area (Å²) in [5.41, 5.74) is 3.53. The van der Waals surface area contributed by atoms with Crippen molar-refractivity contribution in [3.63, 3.8) is 0 Å². The second-order valence-corrected chi connectivity index (χ2v) is 14.5. The quantitative estimate of drug-likeness (QED) is 0.151. The molecule has 0 atom stereocenters. The number of aromatic nitrogens is 10. The van der Waals surface area contributed by atoms with Gasteiger partial charge in [-0.2, -0.15) is 0 Å². The summed E-state index contributed by atoms with van der Waals surface area (Å²) >= 11 is 0. The van der Waals surface area contributed by atoms with E-state index in [-0.39, 0.29) is 0 Å². The molecule has 0 spiro atoms. The average molecular weight is 769 g/mol. The predicted octanol–water partition coefficient (Wildman–Crippen LogP) is 10.8. The van der Waals surface area contributed by atoms with Crippen LogP contribution in [0.4, 0.5) is 0 Å². The predicted molar refractivity (Wildman–Crippen MR) is 236 cm³/mol. The molecule has 10 heteroatoms. The third-order valence-electron chi connectivity index (χ3n) is 11.0. The highest BCUT2D eigenvalue weighted by atomic mass is 15.1. The smallest absolute Gasteiger partial charge is 0.201 e. The fourth-order valence-electron chi connectivity index (χ4n) is 8.29. The molecule has 0 saturated heterocycles. The molecule has 10 nitrogen and oxygen atoms in total. The van der Waals surface area contributed by atoms with Gasteiger partial charge in [-0.05, 0) is 78.1 Å². The van der Waals surface area contributed by atoms with Crippen molar-refractivity contribution in [2.45, 2.75) is 0 Å². The molecular formula is C50H28N10. The first kappa shape index (κ1) is 33.6. The Morgan fingerprint density at radius 3 is 1.00 bits per heavy atom. The van der Waals surface area contributed by atoms with E-state index < -0.39 is 0 Å². The zero-order chi connectivity index (χ0) is 39.6. The molecule has 8 aromatic carbocycles. The van der Waals surface area contributed by atoms with Gasteiger partial charge in [0.2, 0.25) is 11.6 Å². The summed E-state index contributed by atoms with van der Waals surface area (Å²) in [7, 11) is 0. The van der Waals surface area contributed by atoms with Crippen molar-refractivity contribution in [1.29, 1.82) is 0 Å². The minimum atomic E-state index is 0.395. The third kappa shape index (κ3) is 5.50. The standard InChI is InChI=1S/C50H28N10/c1-3-13-33-29(9-1)11-5-15-37(33)43-55-45(59-49(57-43)47-51-25-7-26-52-47)39-23-19-31-18-22-36-40(24-20-32-17-21-35(39)41(31)42(32)36)46-56-44(58-50(60-46)48-53-27-8-28-54-48)38-16-6-12-30-10-2-4-14-34(30)38/h1-28H. The number of hydrogen-bond acceptors (Lipinski definition) is 10. The van der Waals surface area contributed by atoms with E-state index in [9.17, 15) is 0 Å². The number of rotatable bonds is 6. The van der Waals surface area contributed by atoms with Crippen LogP contribution in [0.1, 0.15) is 0 Å². The first-order chi connectivity index (χ1) is 29.7. The van der Waals surface area contributed by atoms with Crippen LogP contribution in [-0.4, -0.2) is 49.8 Å². The zero-order valence-corrected chi connectivity index (χ0v) is 31.6. The highest BCUT2D eigenvalue weighted by Gasteiger charge is 2.22. The van der Waals surface area contributed by atoms with Gasteiger partial charge in [-0.15, -0.1) is 0 Å². The molecule has 0 saturated carbocycles. The topological polar surface area (TPSA) is 129 Å². The second-order valence-electron chi connectivity index (χ2n) is 14.5. The minimum Gasteiger partial charge on any atom is -0.234 e. The highest BCUT2D eigenvalue weighted by Crippen LogP contribution is 2.42. The molecule has 0 unspecified atom stereocenters. The van der Waals surface area contributed by atoms with Crippen molar-refractivity contribution in [2.24, 2.45) is 0 Å². The monoisotopic (exact) mass is 768 g/mol. The maximum atomic E-state index is 5.18. The summed E-state index contributed by atoms with van der Waals surface area (Å²) in [5, 5.41) is 10.6. The first-order valence-electron chi connectivity index (χ1n) is 19.5. The molecule has 0 fully saturated rings. The van der Waals surface area contributed by atoms with Crippen molar-refractivity contribution in [3.8, 4) is 68.8 Å². The Hall–Kier alpha value is -8.50. The van der Waals surface area contributed by atoms with Crippen LogP contribution in [0.5, 0.6) is 0 Å². The lowest BCUT2D eigenvalue weighted by molar-refractivity contribution is 1.03. The Kier molecular flexibility index (Phi) is 7.60. The van der Waals surface area contributed by atoms with Gasteiger partial charge in [0.1, 0.15) is 0 Å². The largest absolute Gasteiger partial charge is 0.234 e. The molecule has 0 amide bonds. The molecule has 4 heterocycles. The van der Waals surface area contributed by atoms with Crippen LogP contribution in [0.25, 0.3) is 123 Å². The molecule has 278 valence electrons. The maximum absolute atomic E-state index is 5.18. The average Bonchev–Trinajstić information content (AvgIpc) is 3.33. The van der Waals surface area contributed by atoms with Crippen molar-refractivity contribution in [3.05, 3.63) is 170 Å². The van der Waals surface area contributed by atoms with Crippen LogP contribution in [0.15, 0.2) is 170 Å². The molecule has 12 aromatic rings. The lowest BCUT2D eigenvalue weighted by Gasteiger charge is -2.16. The molecule has 60 heavy (non-hydrogen) atoms. The molecule has 4 aromatic heterocycles. The summed E-state index contributed by atoms with van der Waals surface area (Å²) in [6.07, 6.45) is 6.80. The zero-order valence-electron chi connectivity index (χ0n) is 31.6. The fraction of sp³-hybridized carbons (Fsp3) is 0. The molecule has 0 aliphatic rings. The Morgan fingerprint density at radius 1 is 0.217 bits per heavy atom. The number of hydrogen-bond donors (Lipinski definition) is 0. The van der Waals surface area contributed by atoms with Crippen LogP contribution in [0.2, 0.25) is 0 Å². The van der Waals surface area contributed by atoms with E-state index in [1.54, 1.807) is 36.9 Å². The SMILES string of the molecule is c1cnc(-c2nc(-c3cccc4ccccc34)nc(-c3ccc4ccc5c(-c6nc(-c7ncccn7)nc(-c7cccc8ccccc78)n6)ccc6ccc3c4c65)n2)nc1. The van der Waals surface area contributed by atoms with Crippen molar-refractivity contribution in [2.75, 3.05) is 0 Å². The minimum absolute atomic E-state index is 0.395. The maximum Gasteiger partial charge on any atom is 0.201 e. The van der Waals surface area contributed by atoms with Gasteiger partial charge in [0, 0.05) is 47.0 Å². The normalized spacial score (nSPS) is 11.7. The van der Waals surface area contributed by atoms with Gasteiger partial charge in [0.15, 0.2) is 34.9 Å². The number of benzene rings is 8. The molecule has 0 N–H and O–H groups in total. The van der Waals surface area contributed by atoms with Crippen LogP contribution in [-0.2, 0) is 0 Å². The van der Waals surface area contributed by atoms with E-state index >= 15 is 0 Å². The van der Waals surface area contributed by atoms with Gasteiger partial charge in [-0.3, -0.25) is 0 Å². The van der Waals surface area contributed by atoms with Gasteiger partial charge >= 0.3 is 0 Å². The van der Waals surface area contributed by atoms with Crippen LogP contribution in [0.3, 0.4) is 0 Å². The van der Waals surface area contributed by atoms with Crippen molar-refractivity contribution >= 4 is 53.9 Å². The molecule has 0 bridgehead atoms. The lowest BCUT2D eigenvalue weighted by Crippen LogP contribution is -2.03. The van der Waals surface area contributed by atoms with Gasteiger partial charge in [-0.25, -0.2) is 49.8 Å². The first-order valence-corrected chi connectivity index (χ1v) is 19.5.